The maximum absolute atomic E-state index is 13.2. The van der Waals surface area contributed by atoms with E-state index >= 15 is 0 Å². The Morgan fingerprint density at radius 2 is 1.91 bits per heavy atom. The summed E-state index contributed by atoms with van der Waals surface area (Å²) in [6.45, 7) is 4.84. The van der Waals surface area contributed by atoms with Gasteiger partial charge in [0.25, 0.3) is 5.91 Å². The zero-order valence-electron chi connectivity index (χ0n) is 18.1. The number of fused-ring (bicyclic) bond motifs is 2. The predicted molar refractivity (Wildman–Crippen MR) is 126 cm³/mol. The van der Waals surface area contributed by atoms with Gasteiger partial charge in [0.1, 0.15) is 5.82 Å². The molecule has 2 aromatic heterocycles. The van der Waals surface area contributed by atoms with Gasteiger partial charge in [0.2, 0.25) is 5.13 Å². The molecule has 7 nitrogen and oxygen atoms in total. The number of rotatable bonds is 7. The summed E-state index contributed by atoms with van der Waals surface area (Å²) in [4.78, 5) is 18.0. The normalized spacial score (nSPS) is 12.7. The maximum Gasteiger partial charge on any atom is 0.256 e. The van der Waals surface area contributed by atoms with Crippen LogP contribution in [-0.2, 0) is 12.8 Å². The molecule has 5 rings (SSSR count). The lowest BCUT2D eigenvalue weighted by atomic mass is 10.1. The molecule has 1 amide bonds. The van der Waals surface area contributed by atoms with Gasteiger partial charge in [-0.1, -0.05) is 23.5 Å². The lowest BCUT2D eigenvalue weighted by Gasteiger charge is -2.13. The van der Waals surface area contributed by atoms with Gasteiger partial charge in [-0.2, -0.15) is 9.78 Å². The number of amides is 1. The molecule has 4 aromatic rings. The van der Waals surface area contributed by atoms with E-state index in [1.165, 1.54) is 0 Å². The molecule has 1 N–H and O–H groups in total. The Labute approximate surface area is 190 Å². The van der Waals surface area contributed by atoms with Crippen LogP contribution in [0.5, 0.6) is 11.5 Å². The highest BCUT2D eigenvalue weighted by molar-refractivity contribution is 7.20. The fourth-order valence-corrected chi connectivity index (χ4v) is 4.91. The molecule has 0 saturated heterocycles. The van der Waals surface area contributed by atoms with E-state index in [9.17, 15) is 4.79 Å². The molecule has 164 valence electrons. The molecule has 0 atom stereocenters. The van der Waals surface area contributed by atoms with E-state index in [2.05, 4.69) is 5.32 Å². The Morgan fingerprint density at radius 3 is 2.72 bits per heavy atom. The van der Waals surface area contributed by atoms with Crippen LogP contribution in [0.15, 0.2) is 42.5 Å². The van der Waals surface area contributed by atoms with Crippen molar-refractivity contribution in [1.29, 1.82) is 0 Å². The van der Waals surface area contributed by atoms with Crippen LogP contribution in [0.1, 0.15) is 41.9 Å². The molecule has 0 unspecified atom stereocenters. The Hall–Kier alpha value is -3.39. The van der Waals surface area contributed by atoms with E-state index in [4.69, 9.17) is 19.6 Å². The molecule has 1 aliphatic rings. The third-order valence-corrected chi connectivity index (χ3v) is 6.42. The summed E-state index contributed by atoms with van der Waals surface area (Å²) in [6.07, 6.45) is 2.84. The van der Waals surface area contributed by atoms with Gasteiger partial charge in [0.15, 0.2) is 11.5 Å². The van der Waals surface area contributed by atoms with Crippen molar-refractivity contribution in [1.82, 2.24) is 14.8 Å². The molecule has 0 fully saturated rings. The van der Waals surface area contributed by atoms with Crippen molar-refractivity contribution < 1.29 is 14.3 Å². The van der Waals surface area contributed by atoms with Crippen molar-refractivity contribution >= 4 is 33.3 Å². The molecule has 32 heavy (non-hydrogen) atoms. The van der Waals surface area contributed by atoms with E-state index < -0.39 is 0 Å². The van der Waals surface area contributed by atoms with Gasteiger partial charge in [-0.3, -0.25) is 4.79 Å². The second-order valence-electron chi connectivity index (χ2n) is 7.49. The zero-order valence-corrected chi connectivity index (χ0v) is 18.9. The van der Waals surface area contributed by atoms with Crippen molar-refractivity contribution in [2.45, 2.75) is 33.1 Å². The quantitative estimate of drug-likeness (QED) is 0.429. The summed E-state index contributed by atoms with van der Waals surface area (Å²) in [7, 11) is 0. The minimum atomic E-state index is -0.217. The number of hydrogen-bond donors (Lipinski definition) is 1. The average Bonchev–Trinajstić information content (AvgIpc) is 3.50. The van der Waals surface area contributed by atoms with Gasteiger partial charge in [-0.05, 0) is 63.4 Å². The summed E-state index contributed by atoms with van der Waals surface area (Å²) >= 11 is 1.56. The molecule has 8 heteroatoms. The lowest BCUT2D eigenvalue weighted by Crippen LogP contribution is -2.16. The fraction of sp³-hybridized carbons (Fsp3) is 0.292. The number of aromatic nitrogens is 3. The molecule has 0 radical (unpaired) electrons. The number of aryl methyl sites for hydroxylation is 1. The minimum absolute atomic E-state index is 0.217. The van der Waals surface area contributed by atoms with Gasteiger partial charge in [-0.15, -0.1) is 0 Å². The van der Waals surface area contributed by atoms with Crippen molar-refractivity contribution in [2.24, 2.45) is 0 Å². The lowest BCUT2D eigenvalue weighted by molar-refractivity contribution is 0.102. The summed E-state index contributed by atoms with van der Waals surface area (Å²) in [5.41, 5.74) is 3.55. The third kappa shape index (κ3) is 3.71. The molecule has 2 aromatic carbocycles. The van der Waals surface area contributed by atoms with Crippen LogP contribution in [0.2, 0.25) is 0 Å². The van der Waals surface area contributed by atoms with Crippen molar-refractivity contribution in [2.75, 3.05) is 18.5 Å². The number of carbonyl (C=O) groups excluding carboxylic acids is 1. The average molecular weight is 449 g/mol. The Morgan fingerprint density at radius 1 is 1.09 bits per heavy atom. The molecule has 2 heterocycles. The number of nitrogens with zero attached hydrogens (tertiary/aromatic N) is 3. The fourth-order valence-electron chi connectivity index (χ4n) is 3.98. The highest BCUT2D eigenvalue weighted by atomic mass is 32.1. The highest BCUT2D eigenvalue weighted by Crippen LogP contribution is 2.34. The van der Waals surface area contributed by atoms with E-state index in [1.54, 1.807) is 34.2 Å². The van der Waals surface area contributed by atoms with Gasteiger partial charge >= 0.3 is 0 Å². The summed E-state index contributed by atoms with van der Waals surface area (Å²) in [5.74, 6) is 1.68. The van der Waals surface area contributed by atoms with Gasteiger partial charge in [-0.25, -0.2) is 4.98 Å². The van der Waals surface area contributed by atoms with Crippen molar-refractivity contribution in [3.63, 3.8) is 0 Å². The highest BCUT2D eigenvalue weighted by Gasteiger charge is 2.26. The van der Waals surface area contributed by atoms with Gasteiger partial charge in [0.05, 0.1) is 29.1 Å². The number of para-hydroxylation sites is 1. The standard InChI is InChI=1S/C24H24N4O3S/c1-3-30-19-13-12-15(14-20(19)31-4-2)23(29)26-22-16-8-7-10-17(16)27-28(22)24-25-18-9-5-6-11-21(18)32-24/h5-6,9,11-14H,3-4,7-8,10H2,1-2H3,(H,26,29). The van der Waals surface area contributed by atoms with E-state index in [0.29, 0.717) is 36.1 Å². The second kappa shape index (κ2) is 8.63. The van der Waals surface area contributed by atoms with Crippen LogP contribution in [0, 0.1) is 0 Å². The summed E-state index contributed by atoms with van der Waals surface area (Å²) < 4.78 is 14.2. The molecule has 1 aliphatic carbocycles. The maximum atomic E-state index is 13.2. The number of anilines is 1. The monoisotopic (exact) mass is 448 g/mol. The molecular weight excluding hydrogens is 424 g/mol. The van der Waals surface area contributed by atoms with Crippen LogP contribution in [0.3, 0.4) is 0 Å². The van der Waals surface area contributed by atoms with Crippen molar-refractivity contribution in [3.05, 3.63) is 59.3 Å². The molecular formula is C24H24N4O3S. The number of hydrogen-bond acceptors (Lipinski definition) is 6. The Bertz CT molecular complexity index is 1260. The molecule has 0 saturated carbocycles. The Kier molecular flexibility index (Phi) is 5.53. The van der Waals surface area contributed by atoms with E-state index in [-0.39, 0.29) is 5.91 Å². The van der Waals surface area contributed by atoms with Crippen LogP contribution in [-0.4, -0.2) is 33.9 Å². The number of thiazole rings is 1. The summed E-state index contributed by atoms with van der Waals surface area (Å²) in [5, 5.41) is 8.64. The predicted octanol–water partition coefficient (Wildman–Crippen LogP) is 5.02. The van der Waals surface area contributed by atoms with E-state index in [1.807, 2.05) is 38.1 Å². The summed E-state index contributed by atoms with van der Waals surface area (Å²) in [6, 6.07) is 13.3. The zero-order chi connectivity index (χ0) is 22.1. The minimum Gasteiger partial charge on any atom is -0.490 e. The molecule has 0 spiro atoms. The topological polar surface area (TPSA) is 78.3 Å². The number of ether oxygens (including phenoxy) is 2. The van der Waals surface area contributed by atoms with Gasteiger partial charge < -0.3 is 14.8 Å². The first-order chi connectivity index (χ1) is 15.7. The Balaban J connectivity index is 1.50. The molecule has 0 bridgehead atoms. The number of benzene rings is 2. The SMILES string of the molecule is CCOc1ccc(C(=O)Nc2c3c(nn2-c2nc4ccccc4s2)CCC3)cc1OCC. The van der Waals surface area contributed by atoms with Crippen molar-refractivity contribution in [3.8, 4) is 16.6 Å². The smallest absolute Gasteiger partial charge is 0.256 e. The largest absolute Gasteiger partial charge is 0.490 e. The van der Waals surface area contributed by atoms with Crippen LogP contribution < -0.4 is 14.8 Å². The van der Waals surface area contributed by atoms with Crippen LogP contribution >= 0.6 is 11.3 Å². The number of carbonyl (C=O) groups is 1. The van der Waals surface area contributed by atoms with Crippen LogP contribution in [0.4, 0.5) is 5.82 Å². The first-order valence-corrected chi connectivity index (χ1v) is 11.7. The van der Waals surface area contributed by atoms with Gasteiger partial charge in [0, 0.05) is 11.1 Å². The second-order valence-corrected chi connectivity index (χ2v) is 8.49. The first-order valence-electron chi connectivity index (χ1n) is 10.9. The first kappa shape index (κ1) is 20.5. The third-order valence-electron chi connectivity index (χ3n) is 5.41. The van der Waals surface area contributed by atoms with E-state index in [0.717, 1.165) is 45.9 Å². The number of nitrogens with one attached hydrogen (secondary N) is 1. The molecule has 0 aliphatic heterocycles. The van der Waals surface area contributed by atoms with Crippen LogP contribution in [0.25, 0.3) is 15.3 Å².